The second kappa shape index (κ2) is 4.81. The lowest BCUT2D eigenvalue weighted by atomic mass is 9.93. The number of amides is 2. The molecule has 106 valence electrons. The van der Waals surface area contributed by atoms with E-state index in [0.29, 0.717) is 18.9 Å². The molecule has 2 aliphatic rings. The summed E-state index contributed by atoms with van der Waals surface area (Å²) < 4.78 is 0. The van der Waals surface area contributed by atoms with E-state index in [2.05, 4.69) is 12.2 Å². The molecule has 5 nitrogen and oxygen atoms in total. The molecule has 0 aromatic heterocycles. The molecule has 0 bridgehead atoms. The molecule has 1 aliphatic carbocycles. The van der Waals surface area contributed by atoms with E-state index in [1.807, 2.05) is 18.2 Å². The van der Waals surface area contributed by atoms with Crippen LogP contribution in [0.5, 0.6) is 0 Å². The van der Waals surface area contributed by atoms with Crippen LogP contribution in [-0.4, -0.2) is 34.6 Å². The van der Waals surface area contributed by atoms with Gasteiger partial charge in [-0.15, -0.1) is 0 Å². The Morgan fingerprint density at radius 3 is 2.70 bits per heavy atom. The summed E-state index contributed by atoms with van der Waals surface area (Å²) in [6.07, 6.45) is 1.68. The molecule has 20 heavy (non-hydrogen) atoms. The van der Waals surface area contributed by atoms with Gasteiger partial charge in [0.05, 0.1) is 0 Å². The van der Waals surface area contributed by atoms with E-state index in [1.54, 1.807) is 6.07 Å². The highest BCUT2D eigenvalue weighted by atomic mass is 16.4. The molecule has 1 fully saturated rings. The number of nitrogens with zero attached hydrogens (tertiary/aromatic N) is 1. The van der Waals surface area contributed by atoms with Gasteiger partial charge < -0.3 is 15.3 Å². The quantitative estimate of drug-likeness (QED) is 0.863. The Balaban J connectivity index is 1.84. The standard InChI is InChI=1S/C15H18N2O3/c1-9-8-12(9)16-15(20)17-7-6-10-4-2-3-5-11(10)13(17)14(18)19/h2-5,9,12-13H,6-8H2,1H3,(H,16,20)(H,18,19). The van der Waals surface area contributed by atoms with Crippen molar-refractivity contribution in [2.45, 2.75) is 31.8 Å². The third kappa shape index (κ3) is 2.24. The highest BCUT2D eigenvalue weighted by Gasteiger charge is 2.39. The predicted molar refractivity (Wildman–Crippen MR) is 73.3 cm³/mol. The number of aliphatic carboxylic acids is 1. The van der Waals surface area contributed by atoms with E-state index in [9.17, 15) is 14.7 Å². The first-order chi connectivity index (χ1) is 9.58. The van der Waals surface area contributed by atoms with Crippen LogP contribution in [0.1, 0.15) is 30.5 Å². The number of nitrogens with one attached hydrogen (secondary N) is 1. The number of carbonyl (C=O) groups excluding carboxylic acids is 1. The monoisotopic (exact) mass is 274 g/mol. The summed E-state index contributed by atoms with van der Waals surface area (Å²) in [5.74, 6) is -0.476. The molecule has 3 rings (SSSR count). The lowest BCUT2D eigenvalue weighted by Crippen LogP contribution is -2.48. The summed E-state index contributed by atoms with van der Waals surface area (Å²) >= 11 is 0. The molecule has 0 radical (unpaired) electrons. The molecule has 2 amide bonds. The summed E-state index contributed by atoms with van der Waals surface area (Å²) in [6.45, 7) is 2.52. The Kier molecular flexibility index (Phi) is 3.12. The normalized spacial score (nSPS) is 27.6. The molecular weight excluding hydrogens is 256 g/mol. The predicted octanol–water partition coefficient (Wildman–Crippen LogP) is 1.79. The number of fused-ring (bicyclic) bond motifs is 1. The fourth-order valence-corrected chi connectivity index (χ4v) is 2.82. The highest BCUT2D eigenvalue weighted by Crippen LogP contribution is 2.32. The summed E-state index contributed by atoms with van der Waals surface area (Å²) in [5, 5.41) is 12.4. The first-order valence-electron chi connectivity index (χ1n) is 6.95. The zero-order chi connectivity index (χ0) is 14.3. The molecule has 2 N–H and O–H groups in total. The second-order valence-electron chi connectivity index (χ2n) is 5.65. The molecule has 0 spiro atoms. The van der Waals surface area contributed by atoms with Gasteiger partial charge in [0, 0.05) is 12.6 Å². The molecule has 1 aliphatic heterocycles. The van der Waals surface area contributed by atoms with Gasteiger partial charge in [-0.2, -0.15) is 0 Å². The Morgan fingerprint density at radius 2 is 2.05 bits per heavy atom. The number of rotatable bonds is 2. The molecule has 3 unspecified atom stereocenters. The van der Waals surface area contributed by atoms with Crippen LogP contribution in [0.25, 0.3) is 0 Å². The van der Waals surface area contributed by atoms with Crippen molar-refractivity contribution in [1.82, 2.24) is 10.2 Å². The molecular formula is C15H18N2O3. The number of carboxylic acid groups (broad SMARTS) is 1. The van der Waals surface area contributed by atoms with Crippen LogP contribution < -0.4 is 5.32 Å². The second-order valence-corrected chi connectivity index (χ2v) is 5.65. The van der Waals surface area contributed by atoms with Gasteiger partial charge in [-0.05, 0) is 29.9 Å². The van der Waals surface area contributed by atoms with E-state index in [1.165, 1.54) is 4.90 Å². The molecule has 1 aromatic rings. The lowest BCUT2D eigenvalue weighted by molar-refractivity contribution is -0.142. The maximum atomic E-state index is 12.3. The van der Waals surface area contributed by atoms with Crippen molar-refractivity contribution in [3.05, 3.63) is 35.4 Å². The third-order valence-corrected chi connectivity index (χ3v) is 4.20. The highest BCUT2D eigenvalue weighted by molar-refractivity contribution is 5.85. The average Bonchev–Trinajstić information content (AvgIpc) is 3.12. The van der Waals surface area contributed by atoms with E-state index < -0.39 is 12.0 Å². The molecule has 1 saturated carbocycles. The van der Waals surface area contributed by atoms with Crippen LogP contribution in [0, 0.1) is 5.92 Å². The van der Waals surface area contributed by atoms with Crippen LogP contribution in [0.4, 0.5) is 4.79 Å². The van der Waals surface area contributed by atoms with Gasteiger partial charge in [-0.3, -0.25) is 0 Å². The first kappa shape index (κ1) is 13.0. The van der Waals surface area contributed by atoms with Crippen molar-refractivity contribution in [1.29, 1.82) is 0 Å². The third-order valence-electron chi connectivity index (χ3n) is 4.20. The van der Waals surface area contributed by atoms with Crippen molar-refractivity contribution >= 4 is 12.0 Å². The van der Waals surface area contributed by atoms with Gasteiger partial charge in [-0.1, -0.05) is 31.2 Å². The maximum Gasteiger partial charge on any atom is 0.331 e. The largest absolute Gasteiger partial charge is 0.479 e. The maximum absolute atomic E-state index is 12.3. The summed E-state index contributed by atoms with van der Waals surface area (Å²) in [4.78, 5) is 25.3. The van der Waals surface area contributed by atoms with Crippen molar-refractivity contribution < 1.29 is 14.7 Å². The summed E-state index contributed by atoms with van der Waals surface area (Å²) in [6, 6.07) is 6.51. The first-order valence-corrected chi connectivity index (χ1v) is 6.95. The van der Waals surface area contributed by atoms with Gasteiger partial charge in [0.25, 0.3) is 0 Å². The smallest absolute Gasteiger partial charge is 0.331 e. The summed E-state index contributed by atoms with van der Waals surface area (Å²) in [5.41, 5.74) is 1.74. The van der Waals surface area contributed by atoms with Gasteiger partial charge >= 0.3 is 12.0 Å². The zero-order valence-electron chi connectivity index (χ0n) is 11.4. The van der Waals surface area contributed by atoms with Crippen LogP contribution >= 0.6 is 0 Å². The van der Waals surface area contributed by atoms with E-state index in [-0.39, 0.29) is 12.1 Å². The van der Waals surface area contributed by atoms with Crippen LogP contribution in [0.15, 0.2) is 24.3 Å². The van der Waals surface area contributed by atoms with Crippen molar-refractivity contribution in [3.63, 3.8) is 0 Å². The number of benzene rings is 1. The fraction of sp³-hybridized carbons (Fsp3) is 0.467. The minimum Gasteiger partial charge on any atom is -0.479 e. The fourth-order valence-electron chi connectivity index (χ4n) is 2.82. The minimum atomic E-state index is -0.976. The number of carbonyl (C=O) groups is 2. The van der Waals surface area contributed by atoms with E-state index >= 15 is 0 Å². The number of urea groups is 1. The summed E-state index contributed by atoms with van der Waals surface area (Å²) in [7, 11) is 0. The molecule has 5 heteroatoms. The number of carboxylic acids is 1. The van der Waals surface area contributed by atoms with Gasteiger partial charge in [0.15, 0.2) is 6.04 Å². The Hall–Kier alpha value is -2.04. The number of hydrogen-bond acceptors (Lipinski definition) is 2. The Morgan fingerprint density at radius 1 is 1.35 bits per heavy atom. The molecule has 1 aromatic carbocycles. The number of hydrogen-bond donors (Lipinski definition) is 2. The van der Waals surface area contributed by atoms with Crippen LogP contribution in [-0.2, 0) is 11.2 Å². The molecule has 1 heterocycles. The van der Waals surface area contributed by atoms with Crippen molar-refractivity contribution in [2.24, 2.45) is 5.92 Å². The topological polar surface area (TPSA) is 69.6 Å². The van der Waals surface area contributed by atoms with E-state index in [0.717, 1.165) is 17.5 Å². The van der Waals surface area contributed by atoms with Crippen molar-refractivity contribution in [3.8, 4) is 0 Å². The molecule has 0 saturated heterocycles. The zero-order valence-corrected chi connectivity index (χ0v) is 11.4. The minimum absolute atomic E-state index is 0.203. The Labute approximate surface area is 117 Å². The molecule has 3 atom stereocenters. The van der Waals surface area contributed by atoms with Crippen molar-refractivity contribution in [2.75, 3.05) is 6.54 Å². The van der Waals surface area contributed by atoms with Gasteiger partial charge in [-0.25, -0.2) is 9.59 Å². The Bertz CT molecular complexity index is 558. The van der Waals surface area contributed by atoms with Crippen LogP contribution in [0.2, 0.25) is 0 Å². The van der Waals surface area contributed by atoms with Gasteiger partial charge in [0.1, 0.15) is 0 Å². The van der Waals surface area contributed by atoms with Crippen LogP contribution in [0.3, 0.4) is 0 Å². The van der Waals surface area contributed by atoms with E-state index in [4.69, 9.17) is 0 Å². The average molecular weight is 274 g/mol. The SMILES string of the molecule is CC1CC1NC(=O)N1CCc2ccccc2C1C(=O)O. The lowest BCUT2D eigenvalue weighted by Gasteiger charge is -2.34. The van der Waals surface area contributed by atoms with Gasteiger partial charge in [0.2, 0.25) is 0 Å².